The molecule has 17 heavy (non-hydrogen) atoms. The fraction of sp³-hybridized carbons (Fsp3) is 0.583. The molecule has 2 rings (SSSR count). The highest BCUT2D eigenvalue weighted by Crippen LogP contribution is 2.18. The predicted octanol–water partition coefficient (Wildman–Crippen LogP) is 0.818. The number of aromatic nitrogens is 2. The molecule has 1 aromatic rings. The summed E-state index contributed by atoms with van der Waals surface area (Å²) in [5.41, 5.74) is 1.14. The number of nitrogens with one attached hydrogen (secondary N) is 1. The zero-order valence-electron chi connectivity index (χ0n) is 9.89. The first-order chi connectivity index (χ1) is 8.15. The summed E-state index contributed by atoms with van der Waals surface area (Å²) in [5, 5.41) is 12.3. The number of aryl methyl sites for hydroxylation is 1. The van der Waals surface area contributed by atoms with E-state index in [0.717, 1.165) is 31.4 Å². The third-order valence-electron chi connectivity index (χ3n) is 3.05. The maximum absolute atomic E-state index is 11.8. The first-order valence-corrected chi connectivity index (χ1v) is 5.92. The van der Waals surface area contributed by atoms with Gasteiger partial charge >= 0.3 is 0 Å². The van der Waals surface area contributed by atoms with Gasteiger partial charge in [-0.2, -0.15) is 0 Å². The molecule has 0 aliphatic heterocycles. The van der Waals surface area contributed by atoms with Gasteiger partial charge in [0.05, 0.1) is 18.0 Å². The van der Waals surface area contributed by atoms with Crippen LogP contribution in [0.4, 0.5) is 0 Å². The summed E-state index contributed by atoms with van der Waals surface area (Å²) in [6.45, 7) is 1.83. The van der Waals surface area contributed by atoms with E-state index in [-0.39, 0.29) is 18.1 Å². The lowest BCUT2D eigenvalue weighted by Gasteiger charge is -2.25. The van der Waals surface area contributed by atoms with Gasteiger partial charge in [0.1, 0.15) is 5.69 Å². The minimum Gasteiger partial charge on any atom is -0.393 e. The molecular formula is C12H17N3O2. The Bertz CT molecular complexity index is 383. The van der Waals surface area contributed by atoms with Crippen LogP contribution in [0.1, 0.15) is 41.9 Å². The van der Waals surface area contributed by atoms with E-state index in [0.29, 0.717) is 5.69 Å². The Morgan fingerprint density at radius 1 is 1.29 bits per heavy atom. The summed E-state index contributed by atoms with van der Waals surface area (Å²) in [5.74, 6) is -0.182. The van der Waals surface area contributed by atoms with Gasteiger partial charge in [0.2, 0.25) is 0 Å². The van der Waals surface area contributed by atoms with Gasteiger partial charge in [-0.1, -0.05) is 0 Å². The topological polar surface area (TPSA) is 75.1 Å². The van der Waals surface area contributed by atoms with Crippen molar-refractivity contribution in [2.24, 2.45) is 0 Å². The molecule has 1 saturated carbocycles. The molecule has 2 N–H and O–H groups in total. The van der Waals surface area contributed by atoms with E-state index in [9.17, 15) is 9.90 Å². The summed E-state index contributed by atoms with van der Waals surface area (Å²) >= 11 is 0. The second-order valence-electron chi connectivity index (χ2n) is 4.52. The first kappa shape index (κ1) is 12.0. The molecule has 0 spiro atoms. The number of nitrogens with zero attached hydrogens (tertiary/aromatic N) is 2. The molecule has 0 aromatic carbocycles. The Hall–Kier alpha value is -1.49. The van der Waals surface area contributed by atoms with Gasteiger partial charge < -0.3 is 10.4 Å². The monoisotopic (exact) mass is 235 g/mol. The molecule has 1 aliphatic rings. The Kier molecular flexibility index (Phi) is 3.68. The van der Waals surface area contributed by atoms with Crippen LogP contribution in [-0.2, 0) is 0 Å². The molecule has 0 atom stereocenters. The number of hydrogen-bond acceptors (Lipinski definition) is 4. The van der Waals surface area contributed by atoms with Crippen LogP contribution in [0.25, 0.3) is 0 Å². The number of aliphatic hydroxyl groups is 1. The molecule has 1 aromatic heterocycles. The van der Waals surface area contributed by atoms with Crippen LogP contribution in [0, 0.1) is 6.92 Å². The molecule has 92 valence electrons. The lowest BCUT2D eigenvalue weighted by molar-refractivity contribution is 0.0863. The number of carbonyl (C=O) groups excluding carboxylic acids is 1. The number of carbonyl (C=O) groups is 1. The fourth-order valence-corrected chi connectivity index (χ4v) is 1.99. The number of aliphatic hydroxyl groups excluding tert-OH is 1. The first-order valence-electron chi connectivity index (χ1n) is 5.92. The Morgan fingerprint density at radius 3 is 2.59 bits per heavy atom. The number of hydrogen-bond donors (Lipinski definition) is 2. The molecule has 0 saturated heterocycles. The highest BCUT2D eigenvalue weighted by Gasteiger charge is 2.21. The van der Waals surface area contributed by atoms with E-state index in [2.05, 4.69) is 15.3 Å². The second kappa shape index (κ2) is 5.23. The van der Waals surface area contributed by atoms with Crippen LogP contribution in [0.5, 0.6) is 0 Å². The highest BCUT2D eigenvalue weighted by atomic mass is 16.3. The van der Waals surface area contributed by atoms with Gasteiger partial charge in [-0.3, -0.25) is 9.78 Å². The van der Waals surface area contributed by atoms with E-state index in [1.165, 1.54) is 6.20 Å². The fourth-order valence-electron chi connectivity index (χ4n) is 1.99. The van der Waals surface area contributed by atoms with Gasteiger partial charge in [0.25, 0.3) is 5.91 Å². The van der Waals surface area contributed by atoms with Crippen LogP contribution in [0.2, 0.25) is 0 Å². The Labute approximate surface area is 100 Å². The van der Waals surface area contributed by atoms with E-state index < -0.39 is 0 Å². The second-order valence-corrected chi connectivity index (χ2v) is 4.52. The van der Waals surface area contributed by atoms with E-state index in [1.807, 2.05) is 6.92 Å². The molecule has 5 nitrogen and oxygen atoms in total. The summed E-state index contributed by atoms with van der Waals surface area (Å²) in [6.07, 6.45) is 6.03. The van der Waals surface area contributed by atoms with Crippen molar-refractivity contribution in [1.82, 2.24) is 15.3 Å². The van der Waals surface area contributed by atoms with Crippen molar-refractivity contribution < 1.29 is 9.90 Å². The summed E-state index contributed by atoms with van der Waals surface area (Å²) in [4.78, 5) is 19.9. The SMILES string of the molecule is Cc1cnc(C(=O)NC2CCC(O)CC2)cn1. The summed E-state index contributed by atoms with van der Waals surface area (Å²) < 4.78 is 0. The minimum atomic E-state index is -0.206. The third-order valence-corrected chi connectivity index (χ3v) is 3.05. The average Bonchev–Trinajstić information content (AvgIpc) is 2.33. The zero-order chi connectivity index (χ0) is 12.3. The molecule has 0 radical (unpaired) electrons. The third kappa shape index (κ3) is 3.23. The van der Waals surface area contributed by atoms with Gasteiger partial charge in [-0.05, 0) is 32.6 Å². The van der Waals surface area contributed by atoms with E-state index >= 15 is 0 Å². The molecule has 1 heterocycles. The zero-order valence-corrected chi connectivity index (χ0v) is 9.89. The largest absolute Gasteiger partial charge is 0.393 e. The molecule has 0 unspecified atom stereocenters. The molecular weight excluding hydrogens is 218 g/mol. The van der Waals surface area contributed by atoms with Crippen LogP contribution in [0.3, 0.4) is 0 Å². The van der Waals surface area contributed by atoms with Gasteiger partial charge in [0.15, 0.2) is 0 Å². The van der Waals surface area contributed by atoms with Crippen molar-refractivity contribution in [3.8, 4) is 0 Å². The molecule has 0 bridgehead atoms. The predicted molar refractivity (Wildman–Crippen MR) is 62.5 cm³/mol. The molecule has 1 aliphatic carbocycles. The van der Waals surface area contributed by atoms with E-state index in [1.54, 1.807) is 6.20 Å². The smallest absolute Gasteiger partial charge is 0.271 e. The lowest BCUT2D eigenvalue weighted by atomic mass is 9.93. The standard InChI is InChI=1S/C12H17N3O2/c1-8-6-14-11(7-13-8)12(17)15-9-2-4-10(16)5-3-9/h6-7,9-10,16H,2-5H2,1H3,(H,15,17). The van der Waals surface area contributed by atoms with Crippen molar-refractivity contribution >= 4 is 5.91 Å². The average molecular weight is 235 g/mol. The van der Waals surface area contributed by atoms with Gasteiger partial charge in [0, 0.05) is 12.2 Å². The number of amides is 1. The quantitative estimate of drug-likeness (QED) is 0.795. The van der Waals surface area contributed by atoms with Crippen LogP contribution in [0.15, 0.2) is 12.4 Å². The van der Waals surface area contributed by atoms with Crippen molar-refractivity contribution in [2.45, 2.75) is 44.8 Å². The highest BCUT2D eigenvalue weighted by molar-refractivity contribution is 5.92. The molecule has 1 amide bonds. The van der Waals surface area contributed by atoms with Crippen molar-refractivity contribution in [2.75, 3.05) is 0 Å². The summed E-state index contributed by atoms with van der Waals surface area (Å²) in [7, 11) is 0. The maximum Gasteiger partial charge on any atom is 0.271 e. The summed E-state index contributed by atoms with van der Waals surface area (Å²) in [6, 6.07) is 0.147. The van der Waals surface area contributed by atoms with Crippen molar-refractivity contribution in [3.05, 3.63) is 23.8 Å². The van der Waals surface area contributed by atoms with Crippen LogP contribution in [-0.4, -0.2) is 33.1 Å². The lowest BCUT2D eigenvalue weighted by Crippen LogP contribution is -2.38. The Balaban J connectivity index is 1.91. The minimum absolute atomic E-state index is 0.147. The molecule has 5 heteroatoms. The van der Waals surface area contributed by atoms with Crippen molar-refractivity contribution in [3.63, 3.8) is 0 Å². The Morgan fingerprint density at radius 2 is 2.00 bits per heavy atom. The molecule has 1 fully saturated rings. The van der Waals surface area contributed by atoms with Crippen LogP contribution < -0.4 is 5.32 Å². The van der Waals surface area contributed by atoms with Crippen molar-refractivity contribution in [1.29, 1.82) is 0 Å². The maximum atomic E-state index is 11.8. The van der Waals surface area contributed by atoms with Gasteiger partial charge in [-0.25, -0.2) is 4.98 Å². The van der Waals surface area contributed by atoms with Crippen LogP contribution >= 0.6 is 0 Å². The number of rotatable bonds is 2. The van der Waals surface area contributed by atoms with Gasteiger partial charge in [-0.15, -0.1) is 0 Å². The van der Waals surface area contributed by atoms with E-state index in [4.69, 9.17) is 0 Å². The normalized spacial score (nSPS) is 24.4.